The number of nitrogens with one attached hydrogen (secondary N) is 1. The number of halogens is 4. The van der Waals surface area contributed by atoms with E-state index >= 15 is 0 Å². The van der Waals surface area contributed by atoms with Gasteiger partial charge in [0.05, 0.1) is 10.7 Å². The maximum absolute atomic E-state index is 12.4. The van der Waals surface area contributed by atoms with Crippen molar-refractivity contribution < 1.29 is 13.5 Å². The first kappa shape index (κ1) is 15.9. The van der Waals surface area contributed by atoms with Crippen LogP contribution in [0.1, 0.15) is 11.1 Å². The number of hydrogen-bond donors (Lipinski definition) is 1. The molecule has 2 nitrogen and oxygen atoms in total. The Hall–Kier alpha value is -1.52. The minimum atomic E-state index is -2.88. The summed E-state index contributed by atoms with van der Waals surface area (Å²) in [7, 11) is 0. The molecule has 1 N–H and O–H groups in total. The summed E-state index contributed by atoms with van der Waals surface area (Å²) in [6.45, 7) is -0.681. The average Bonchev–Trinajstić information content (AvgIpc) is 2.40. The normalized spacial score (nSPS) is 10.8. The highest BCUT2D eigenvalue weighted by Crippen LogP contribution is 2.27. The Labute approximate surface area is 131 Å². The molecule has 0 radical (unpaired) electrons. The molecule has 0 aliphatic rings. The first-order valence-electron chi connectivity index (χ1n) is 6.19. The molecule has 0 saturated carbocycles. The predicted octanol–water partition coefficient (Wildman–Crippen LogP) is 5.52. The maximum atomic E-state index is 12.4. The summed E-state index contributed by atoms with van der Waals surface area (Å²) >= 11 is 12.0. The van der Waals surface area contributed by atoms with E-state index < -0.39 is 6.61 Å². The van der Waals surface area contributed by atoms with Gasteiger partial charge in [0, 0.05) is 17.1 Å². The van der Waals surface area contributed by atoms with Crippen LogP contribution in [0, 0.1) is 6.92 Å². The van der Waals surface area contributed by atoms with Crippen LogP contribution in [0.3, 0.4) is 0 Å². The molecule has 0 spiro atoms. The molecule has 0 aliphatic heterocycles. The molecule has 2 aromatic carbocycles. The highest BCUT2D eigenvalue weighted by atomic mass is 35.5. The SMILES string of the molecule is Cc1ccc(NCc2cc(Cl)ccc2OC(F)F)c(Cl)c1. The monoisotopic (exact) mass is 331 g/mol. The second-order valence-electron chi connectivity index (χ2n) is 4.47. The molecule has 0 aromatic heterocycles. The number of rotatable bonds is 5. The maximum Gasteiger partial charge on any atom is 0.387 e. The van der Waals surface area contributed by atoms with Crippen molar-refractivity contribution in [2.45, 2.75) is 20.1 Å². The topological polar surface area (TPSA) is 21.3 Å². The van der Waals surface area contributed by atoms with E-state index in [1.54, 1.807) is 6.07 Å². The van der Waals surface area contributed by atoms with E-state index in [2.05, 4.69) is 10.1 Å². The molecule has 0 bridgehead atoms. The lowest BCUT2D eigenvalue weighted by molar-refractivity contribution is -0.0504. The molecule has 21 heavy (non-hydrogen) atoms. The van der Waals surface area contributed by atoms with Crippen molar-refractivity contribution >= 4 is 28.9 Å². The summed E-state index contributed by atoms with van der Waals surface area (Å²) in [6.07, 6.45) is 0. The Morgan fingerprint density at radius 1 is 1.14 bits per heavy atom. The highest BCUT2D eigenvalue weighted by Gasteiger charge is 2.11. The van der Waals surface area contributed by atoms with Crippen molar-refractivity contribution in [3.05, 3.63) is 57.6 Å². The van der Waals surface area contributed by atoms with Gasteiger partial charge in [-0.3, -0.25) is 0 Å². The number of ether oxygens (including phenoxy) is 1. The summed E-state index contributed by atoms with van der Waals surface area (Å²) in [4.78, 5) is 0. The molecule has 0 amide bonds. The zero-order chi connectivity index (χ0) is 15.4. The Morgan fingerprint density at radius 3 is 2.57 bits per heavy atom. The molecule has 0 aliphatic carbocycles. The fourth-order valence-electron chi connectivity index (χ4n) is 1.85. The van der Waals surface area contributed by atoms with Crippen LogP contribution in [0.15, 0.2) is 36.4 Å². The second-order valence-corrected chi connectivity index (χ2v) is 5.31. The van der Waals surface area contributed by atoms with Gasteiger partial charge in [-0.1, -0.05) is 29.3 Å². The molecule has 0 atom stereocenters. The Bertz CT molecular complexity index is 635. The van der Waals surface area contributed by atoms with E-state index in [4.69, 9.17) is 23.2 Å². The summed E-state index contributed by atoms with van der Waals surface area (Å²) in [6, 6.07) is 10.1. The number of benzene rings is 2. The lowest BCUT2D eigenvalue weighted by atomic mass is 10.2. The van der Waals surface area contributed by atoms with Crippen molar-refractivity contribution in [3.63, 3.8) is 0 Å². The Kier molecular flexibility index (Phi) is 5.26. The van der Waals surface area contributed by atoms with Crippen LogP contribution in [0.5, 0.6) is 5.75 Å². The first-order valence-corrected chi connectivity index (χ1v) is 6.94. The van der Waals surface area contributed by atoms with Gasteiger partial charge in [0.25, 0.3) is 0 Å². The summed E-state index contributed by atoms with van der Waals surface area (Å²) < 4.78 is 29.2. The second kappa shape index (κ2) is 6.96. The van der Waals surface area contributed by atoms with Crippen LogP contribution >= 0.6 is 23.2 Å². The van der Waals surface area contributed by atoms with Gasteiger partial charge in [-0.15, -0.1) is 0 Å². The quantitative estimate of drug-likeness (QED) is 0.779. The molecular formula is C15H13Cl2F2NO. The minimum absolute atomic E-state index is 0.0881. The van der Waals surface area contributed by atoms with Crippen molar-refractivity contribution in [1.82, 2.24) is 0 Å². The van der Waals surface area contributed by atoms with Gasteiger partial charge in [0.15, 0.2) is 0 Å². The van der Waals surface area contributed by atoms with Gasteiger partial charge in [-0.25, -0.2) is 0 Å². The number of anilines is 1. The number of aryl methyl sites for hydroxylation is 1. The highest BCUT2D eigenvalue weighted by molar-refractivity contribution is 6.33. The van der Waals surface area contributed by atoms with Crippen LogP contribution in [-0.4, -0.2) is 6.61 Å². The molecule has 2 rings (SSSR count). The molecule has 0 saturated heterocycles. The predicted molar refractivity (Wildman–Crippen MR) is 81.6 cm³/mol. The molecular weight excluding hydrogens is 319 g/mol. The van der Waals surface area contributed by atoms with E-state index in [1.807, 2.05) is 25.1 Å². The van der Waals surface area contributed by atoms with Gasteiger partial charge in [0.1, 0.15) is 5.75 Å². The van der Waals surface area contributed by atoms with Crippen LogP contribution in [0.2, 0.25) is 10.0 Å². The number of hydrogen-bond acceptors (Lipinski definition) is 2. The molecule has 2 aromatic rings. The van der Waals surface area contributed by atoms with E-state index in [0.29, 0.717) is 21.3 Å². The van der Waals surface area contributed by atoms with Crippen molar-refractivity contribution in [2.24, 2.45) is 0 Å². The zero-order valence-corrected chi connectivity index (χ0v) is 12.7. The lowest BCUT2D eigenvalue weighted by Crippen LogP contribution is -2.07. The van der Waals surface area contributed by atoms with Crippen LogP contribution in [0.25, 0.3) is 0 Å². The largest absolute Gasteiger partial charge is 0.434 e. The van der Waals surface area contributed by atoms with E-state index in [0.717, 1.165) is 5.56 Å². The van der Waals surface area contributed by atoms with Crippen LogP contribution < -0.4 is 10.1 Å². The summed E-state index contributed by atoms with van der Waals surface area (Å²) in [5.41, 5.74) is 2.28. The van der Waals surface area contributed by atoms with Crippen molar-refractivity contribution in [3.8, 4) is 5.75 Å². The number of alkyl halides is 2. The van der Waals surface area contributed by atoms with Gasteiger partial charge >= 0.3 is 6.61 Å². The van der Waals surface area contributed by atoms with E-state index in [-0.39, 0.29) is 12.3 Å². The smallest absolute Gasteiger partial charge is 0.387 e. The fraction of sp³-hybridized carbons (Fsp3) is 0.200. The fourth-order valence-corrected chi connectivity index (χ4v) is 2.35. The van der Waals surface area contributed by atoms with Gasteiger partial charge in [-0.05, 0) is 42.8 Å². The standard InChI is InChI=1S/C15H13Cl2F2NO/c1-9-2-4-13(12(17)6-9)20-8-10-7-11(16)3-5-14(10)21-15(18)19/h2-7,15,20H,8H2,1H3. The van der Waals surface area contributed by atoms with Crippen molar-refractivity contribution in [2.75, 3.05) is 5.32 Å². The van der Waals surface area contributed by atoms with E-state index in [9.17, 15) is 8.78 Å². The molecule has 0 heterocycles. The zero-order valence-electron chi connectivity index (χ0n) is 11.2. The van der Waals surface area contributed by atoms with Crippen LogP contribution in [0.4, 0.5) is 14.5 Å². The molecule has 0 unspecified atom stereocenters. The van der Waals surface area contributed by atoms with Crippen LogP contribution in [-0.2, 0) is 6.54 Å². The van der Waals surface area contributed by atoms with Gasteiger partial charge in [-0.2, -0.15) is 8.78 Å². The minimum Gasteiger partial charge on any atom is -0.434 e. The van der Waals surface area contributed by atoms with Gasteiger partial charge in [0.2, 0.25) is 0 Å². The third kappa shape index (κ3) is 4.48. The lowest BCUT2D eigenvalue weighted by Gasteiger charge is -2.13. The van der Waals surface area contributed by atoms with Gasteiger partial charge < -0.3 is 10.1 Å². The summed E-state index contributed by atoms with van der Waals surface area (Å²) in [5.74, 6) is 0.0881. The Morgan fingerprint density at radius 2 is 1.90 bits per heavy atom. The van der Waals surface area contributed by atoms with Crippen molar-refractivity contribution in [1.29, 1.82) is 0 Å². The molecule has 112 valence electrons. The van der Waals surface area contributed by atoms with E-state index in [1.165, 1.54) is 12.1 Å². The molecule has 0 fully saturated rings. The third-order valence-electron chi connectivity index (χ3n) is 2.83. The Balaban J connectivity index is 2.16. The summed E-state index contributed by atoms with van der Waals surface area (Å²) in [5, 5.41) is 4.09. The third-order valence-corrected chi connectivity index (χ3v) is 3.38. The average molecular weight is 332 g/mol. The first-order chi connectivity index (χ1) is 9.95. The molecule has 6 heteroatoms.